The third-order valence-electron chi connectivity index (χ3n) is 1.70. The van der Waals surface area contributed by atoms with Crippen molar-refractivity contribution in [1.29, 1.82) is 4.78 Å². The lowest BCUT2D eigenvalue weighted by Gasteiger charge is -2.09. The molecular weight excluding hydrogens is 234 g/mol. The Labute approximate surface area is 97.3 Å². The van der Waals surface area contributed by atoms with Gasteiger partial charge >= 0.3 is 0 Å². The first kappa shape index (κ1) is 8.23. The van der Waals surface area contributed by atoms with Crippen LogP contribution < -0.4 is 4.90 Å². The second kappa shape index (κ2) is 3.90. The van der Waals surface area contributed by atoms with Gasteiger partial charge in [0.2, 0.25) is 5.91 Å². The summed E-state index contributed by atoms with van der Waals surface area (Å²) in [6, 6.07) is 0. The molecule has 1 heterocycles. The van der Waals surface area contributed by atoms with Crippen LogP contribution in [-0.2, 0) is 14.5 Å². The fourth-order valence-corrected chi connectivity index (χ4v) is 2.82. The molecule has 1 aromatic heterocycles. The summed E-state index contributed by atoms with van der Waals surface area (Å²) in [5.74, 6) is -0.319. The van der Waals surface area contributed by atoms with Crippen LogP contribution in [0, 0.1) is 11.6 Å². The van der Waals surface area contributed by atoms with Gasteiger partial charge in [-0.2, -0.15) is 0 Å². The number of thiazole rings is 1. The third-order valence-corrected chi connectivity index (χ3v) is 4.73. The molecule has 1 amide bonds. The van der Waals surface area contributed by atoms with Crippen molar-refractivity contribution in [3.63, 3.8) is 0 Å². The van der Waals surface area contributed by atoms with E-state index in [1.807, 2.05) is 0 Å². The van der Waals surface area contributed by atoms with Crippen LogP contribution in [0.4, 0.5) is 5.13 Å². The molecule has 0 fully saturated rings. The van der Waals surface area contributed by atoms with Crippen LogP contribution in [-0.4, -0.2) is 28.4 Å². The Hall–Kier alpha value is -0.950. The zero-order chi connectivity index (χ0) is 14.3. The predicted molar refractivity (Wildman–Crippen MR) is 61.0 cm³/mol. The first-order valence-electron chi connectivity index (χ1n) is 5.44. The van der Waals surface area contributed by atoms with E-state index in [2.05, 4.69) is 4.98 Å². The number of anilines is 1. The highest BCUT2D eigenvalue weighted by atomic mass is 32.2. The number of nitrogens with zero attached hydrogens (tertiary/aromatic N) is 2. The second-order valence-corrected chi connectivity index (χ2v) is 6.39. The minimum atomic E-state index is -3.20. The molecule has 84 valence electrons. The van der Waals surface area contributed by atoms with E-state index in [4.69, 9.17) is 8.89 Å². The lowest BCUT2D eigenvalue weighted by Crippen LogP contribution is -2.22. The van der Waals surface area contributed by atoms with Crippen LogP contribution in [0.1, 0.15) is 16.7 Å². The second-order valence-electron chi connectivity index (χ2n) is 3.05. The summed E-state index contributed by atoms with van der Waals surface area (Å²) in [4.78, 5) is 16.2. The minimum Gasteiger partial charge on any atom is -0.291 e. The van der Waals surface area contributed by atoms with E-state index in [0.29, 0.717) is 0 Å². The predicted octanol–water partition coefficient (Wildman–Crippen LogP) is 1.47. The fraction of sp³-hybridized carbons (Fsp3) is 0.500. The highest BCUT2D eigenvalue weighted by Gasteiger charge is 2.17. The number of rotatable bonds is 2. The molecule has 0 saturated heterocycles. The molecular formula is C8H13N3O2S2. The van der Waals surface area contributed by atoms with E-state index in [1.165, 1.54) is 14.0 Å². The fourth-order valence-electron chi connectivity index (χ4n) is 0.838. The molecule has 15 heavy (non-hydrogen) atoms. The average molecular weight is 250 g/mol. The zero-order valence-corrected chi connectivity index (χ0v) is 10.2. The van der Waals surface area contributed by atoms with Gasteiger partial charge in [0, 0.05) is 24.3 Å². The summed E-state index contributed by atoms with van der Waals surface area (Å²) < 4.78 is 41.1. The molecule has 0 aliphatic heterocycles. The molecule has 0 bridgehead atoms. The molecule has 7 heteroatoms. The van der Waals surface area contributed by atoms with Gasteiger partial charge in [-0.1, -0.05) is 11.3 Å². The molecule has 0 aromatic carbocycles. The maximum atomic E-state index is 11.7. The van der Waals surface area contributed by atoms with E-state index in [-0.39, 0.29) is 20.9 Å². The number of aryl methyl sites for hydroxylation is 1. The summed E-state index contributed by atoms with van der Waals surface area (Å²) in [7, 11) is -1.76. The number of hydrogen-bond donors (Lipinski definition) is 1. The topological polar surface area (TPSA) is 74.1 Å². The van der Waals surface area contributed by atoms with Gasteiger partial charge in [0.1, 0.15) is 4.21 Å². The van der Waals surface area contributed by atoms with Gasteiger partial charge in [0.25, 0.3) is 0 Å². The van der Waals surface area contributed by atoms with Crippen molar-refractivity contribution in [1.82, 2.24) is 4.98 Å². The quantitative estimate of drug-likeness (QED) is 0.863. The van der Waals surface area contributed by atoms with Gasteiger partial charge in [-0.05, 0) is 6.85 Å². The summed E-state index contributed by atoms with van der Waals surface area (Å²) in [5.41, 5.74) is -0.363. The lowest BCUT2D eigenvalue weighted by molar-refractivity contribution is -0.116. The molecule has 1 N–H and O–H groups in total. The van der Waals surface area contributed by atoms with Crippen molar-refractivity contribution < 1.29 is 13.1 Å². The van der Waals surface area contributed by atoms with Crippen LogP contribution >= 0.6 is 11.3 Å². The van der Waals surface area contributed by atoms with Gasteiger partial charge in [-0.3, -0.25) is 9.69 Å². The molecule has 1 unspecified atom stereocenters. The Kier molecular flexibility index (Phi) is 2.14. The standard InChI is InChI=1S/C8H13N3O2S2/c1-5-7(15(4,9)13)14-8(10-5)11(3)6(2)12/h9H,1-4H3/i1D3. The Morgan fingerprint density at radius 1 is 1.73 bits per heavy atom. The van der Waals surface area contributed by atoms with Gasteiger partial charge in [0.05, 0.1) is 15.4 Å². The van der Waals surface area contributed by atoms with Crippen LogP contribution in [0.2, 0.25) is 0 Å². The van der Waals surface area contributed by atoms with Crippen molar-refractivity contribution in [3.05, 3.63) is 5.69 Å². The van der Waals surface area contributed by atoms with Crippen LogP contribution in [0.25, 0.3) is 0 Å². The molecule has 0 aliphatic rings. The highest BCUT2D eigenvalue weighted by Crippen LogP contribution is 2.29. The smallest absolute Gasteiger partial charge is 0.225 e. The summed E-state index contributed by atoms with van der Waals surface area (Å²) in [5, 5.41) is 0.130. The number of amides is 1. The summed E-state index contributed by atoms with van der Waals surface area (Å²) in [6.45, 7) is -1.25. The molecule has 0 aliphatic carbocycles. The Bertz CT molecular complexity index is 577. The van der Waals surface area contributed by atoms with E-state index in [9.17, 15) is 9.00 Å². The number of nitrogens with one attached hydrogen (secondary N) is 1. The number of carbonyl (C=O) groups is 1. The van der Waals surface area contributed by atoms with Gasteiger partial charge in [-0.25, -0.2) is 14.0 Å². The normalized spacial score (nSPS) is 18.5. The molecule has 1 atom stereocenters. The largest absolute Gasteiger partial charge is 0.291 e. The number of aromatic nitrogens is 1. The first-order chi connectivity index (χ1) is 7.94. The maximum Gasteiger partial charge on any atom is 0.225 e. The molecule has 5 nitrogen and oxygen atoms in total. The van der Waals surface area contributed by atoms with Crippen LogP contribution in [0.15, 0.2) is 4.21 Å². The Balaban J connectivity index is 3.48. The van der Waals surface area contributed by atoms with E-state index in [0.717, 1.165) is 22.5 Å². The maximum absolute atomic E-state index is 11.7. The van der Waals surface area contributed by atoms with Crippen molar-refractivity contribution in [2.24, 2.45) is 0 Å². The van der Waals surface area contributed by atoms with Crippen molar-refractivity contribution in [2.45, 2.75) is 18.0 Å². The van der Waals surface area contributed by atoms with Crippen LogP contribution in [0.5, 0.6) is 0 Å². The molecule has 1 rings (SSSR count). The monoisotopic (exact) mass is 250 g/mol. The van der Waals surface area contributed by atoms with E-state index in [1.54, 1.807) is 0 Å². The first-order valence-corrected chi connectivity index (χ1v) is 6.72. The minimum absolute atomic E-state index is 0.106. The Morgan fingerprint density at radius 3 is 2.67 bits per heavy atom. The molecule has 0 spiro atoms. The molecule has 0 radical (unpaired) electrons. The van der Waals surface area contributed by atoms with E-state index < -0.39 is 16.6 Å². The van der Waals surface area contributed by atoms with Gasteiger partial charge in [-0.15, -0.1) is 0 Å². The highest BCUT2D eigenvalue weighted by molar-refractivity contribution is 7.93. The zero-order valence-electron chi connectivity index (χ0n) is 11.5. The SMILES string of the molecule is [2H]C([2H])([2H])c1nc(N(C)C(C)=O)sc1S(C)(=N)=O. The van der Waals surface area contributed by atoms with E-state index >= 15 is 0 Å². The van der Waals surface area contributed by atoms with Crippen molar-refractivity contribution >= 4 is 32.1 Å². The number of carbonyl (C=O) groups excluding carboxylic acids is 1. The Morgan fingerprint density at radius 2 is 2.33 bits per heavy atom. The summed E-state index contributed by atoms with van der Waals surface area (Å²) in [6.07, 6.45) is 1.13. The van der Waals surface area contributed by atoms with Gasteiger partial charge < -0.3 is 0 Å². The van der Waals surface area contributed by atoms with Crippen LogP contribution in [0.3, 0.4) is 0 Å². The van der Waals surface area contributed by atoms with Crippen molar-refractivity contribution in [2.75, 3.05) is 18.2 Å². The third kappa shape index (κ3) is 2.54. The molecule has 1 aromatic rings. The number of hydrogen-bond acceptors (Lipinski definition) is 5. The molecule has 0 saturated carbocycles. The van der Waals surface area contributed by atoms with Crippen molar-refractivity contribution in [3.8, 4) is 0 Å². The summed E-state index contributed by atoms with van der Waals surface area (Å²) >= 11 is 0.801. The lowest BCUT2D eigenvalue weighted by atomic mass is 10.6. The average Bonchev–Trinajstić information content (AvgIpc) is 2.58. The van der Waals surface area contributed by atoms with Gasteiger partial charge in [0.15, 0.2) is 5.13 Å².